The Morgan fingerprint density at radius 1 is 1.24 bits per heavy atom. The van der Waals surface area contributed by atoms with Gasteiger partial charge in [-0.15, -0.1) is 0 Å². The molecule has 0 amide bonds. The molecule has 25 heavy (non-hydrogen) atoms. The van der Waals surface area contributed by atoms with Crippen LogP contribution in [0, 0.1) is 11.6 Å². The van der Waals surface area contributed by atoms with Crippen molar-refractivity contribution in [3.63, 3.8) is 0 Å². The van der Waals surface area contributed by atoms with Crippen LogP contribution < -0.4 is 0 Å². The highest BCUT2D eigenvalue weighted by atomic mass is 35.5. The van der Waals surface area contributed by atoms with Crippen molar-refractivity contribution in [1.82, 2.24) is 24.7 Å². The van der Waals surface area contributed by atoms with E-state index in [0.717, 1.165) is 6.33 Å². The molecule has 2 unspecified atom stereocenters. The second-order valence-corrected chi connectivity index (χ2v) is 5.94. The standard InChI is InChI=1S/C16H14ClF2N5O/c1-10(14-13(19)15(17)22-8-21-14)16(25,6-24-9-20-7-23-24)11-4-2-3-5-12(11)18/h2-5,7-10,25H,6H2,1H3. The largest absolute Gasteiger partial charge is 0.382 e. The lowest BCUT2D eigenvalue weighted by Gasteiger charge is -2.34. The second-order valence-electron chi connectivity index (χ2n) is 5.58. The van der Waals surface area contributed by atoms with Crippen LogP contribution in [-0.2, 0) is 12.1 Å². The Labute approximate surface area is 147 Å². The predicted molar refractivity (Wildman–Crippen MR) is 85.7 cm³/mol. The van der Waals surface area contributed by atoms with Crippen molar-refractivity contribution in [2.75, 3.05) is 0 Å². The van der Waals surface area contributed by atoms with Crippen molar-refractivity contribution in [3.8, 4) is 0 Å². The van der Waals surface area contributed by atoms with Crippen LogP contribution in [0.15, 0.2) is 43.2 Å². The molecule has 3 rings (SSSR count). The highest BCUT2D eigenvalue weighted by Gasteiger charge is 2.41. The van der Waals surface area contributed by atoms with Crippen molar-refractivity contribution < 1.29 is 13.9 Å². The first kappa shape index (κ1) is 17.4. The Kier molecular flexibility index (Phi) is 4.73. The van der Waals surface area contributed by atoms with Gasteiger partial charge in [0.05, 0.1) is 12.2 Å². The van der Waals surface area contributed by atoms with Crippen LogP contribution in [-0.4, -0.2) is 29.8 Å². The molecular weight excluding hydrogens is 352 g/mol. The molecule has 9 heteroatoms. The quantitative estimate of drug-likeness (QED) is 0.703. The average Bonchev–Trinajstić information content (AvgIpc) is 3.09. The van der Waals surface area contributed by atoms with Crippen molar-refractivity contribution in [3.05, 3.63) is 71.3 Å². The summed E-state index contributed by atoms with van der Waals surface area (Å²) >= 11 is 5.72. The molecule has 0 radical (unpaired) electrons. The van der Waals surface area contributed by atoms with Gasteiger partial charge in [0, 0.05) is 11.5 Å². The third-order valence-corrected chi connectivity index (χ3v) is 4.37. The van der Waals surface area contributed by atoms with Crippen molar-refractivity contribution >= 4 is 11.6 Å². The Bertz CT molecular complexity index is 877. The maximum atomic E-state index is 14.4. The first-order valence-electron chi connectivity index (χ1n) is 7.39. The van der Waals surface area contributed by atoms with Gasteiger partial charge in [-0.05, 0) is 6.07 Å². The van der Waals surface area contributed by atoms with Crippen LogP contribution in [0.5, 0.6) is 0 Å². The number of hydrogen-bond acceptors (Lipinski definition) is 5. The molecule has 3 aromatic rings. The molecule has 0 fully saturated rings. The molecule has 2 atom stereocenters. The summed E-state index contributed by atoms with van der Waals surface area (Å²) in [4.78, 5) is 11.3. The maximum absolute atomic E-state index is 14.4. The van der Waals surface area contributed by atoms with E-state index in [1.165, 1.54) is 42.5 Å². The third-order valence-electron chi connectivity index (χ3n) is 4.11. The summed E-state index contributed by atoms with van der Waals surface area (Å²) in [6.45, 7) is 1.38. The molecule has 0 aliphatic rings. The summed E-state index contributed by atoms with van der Waals surface area (Å²) in [6, 6.07) is 5.74. The fraction of sp³-hybridized carbons (Fsp3) is 0.250. The molecule has 0 aliphatic heterocycles. The highest BCUT2D eigenvalue weighted by molar-refractivity contribution is 6.29. The van der Waals surface area contributed by atoms with Gasteiger partial charge in [-0.2, -0.15) is 5.10 Å². The van der Waals surface area contributed by atoms with Crippen LogP contribution >= 0.6 is 11.6 Å². The summed E-state index contributed by atoms with van der Waals surface area (Å²) in [5.74, 6) is -2.43. The van der Waals surface area contributed by atoms with E-state index in [-0.39, 0.29) is 23.0 Å². The van der Waals surface area contributed by atoms with Crippen LogP contribution in [0.2, 0.25) is 5.15 Å². The van der Waals surface area contributed by atoms with E-state index in [1.807, 2.05) is 0 Å². The van der Waals surface area contributed by atoms with E-state index in [0.29, 0.717) is 0 Å². The molecule has 0 spiro atoms. The average molecular weight is 366 g/mol. The fourth-order valence-corrected chi connectivity index (χ4v) is 2.86. The molecule has 2 heterocycles. The highest BCUT2D eigenvalue weighted by Crippen LogP contribution is 2.40. The Morgan fingerprint density at radius 2 is 2.00 bits per heavy atom. The van der Waals surface area contributed by atoms with Gasteiger partial charge >= 0.3 is 0 Å². The Hall–Kier alpha value is -2.45. The fourth-order valence-electron chi connectivity index (χ4n) is 2.72. The van der Waals surface area contributed by atoms with E-state index in [2.05, 4.69) is 20.1 Å². The first-order chi connectivity index (χ1) is 11.9. The van der Waals surface area contributed by atoms with Crippen molar-refractivity contribution in [1.29, 1.82) is 0 Å². The summed E-state index contributed by atoms with van der Waals surface area (Å²) in [7, 11) is 0. The predicted octanol–water partition coefficient (Wildman–Crippen LogP) is 2.69. The van der Waals surface area contributed by atoms with E-state index in [9.17, 15) is 13.9 Å². The molecule has 0 saturated carbocycles. The lowest BCUT2D eigenvalue weighted by molar-refractivity contribution is -0.0133. The minimum atomic E-state index is -1.85. The summed E-state index contributed by atoms with van der Waals surface area (Å²) < 4.78 is 30.1. The molecule has 6 nitrogen and oxygen atoms in total. The van der Waals surface area contributed by atoms with E-state index in [1.54, 1.807) is 6.07 Å². The maximum Gasteiger partial charge on any atom is 0.182 e. The minimum Gasteiger partial charge on any atom is -0.382 e. The number of benzene rings is 1. The molecule has 0 saturated heterocycles. The zero-order valence-electron chi connectivity index (χ0n) is 13.1. The van der Waals surface area contributed by atoms with Gasteiger partial charge in [0.2, 0.25) is 0 Å². The lowest BCUT2D eigenvalue weighted by atomic mass is 9.79. The molecular formula is C16H14ClF2N5O. The first-order valence-corrected chi connectivity index (χ1v) is 7.77. The van der Waals surface area contributed by atoms with Gasteiger partial charge in [0.1, 0.15) is 30.4 Å². The third kappa shape index (κ3) is 3.22. The summed E-state index contributed by atoms with van der Waals surface area (Å²) in [5.41, 5.74) is -1.98. The van der Waals surface area contributed by atoms with Gasteiger partial charge < -0.3 is 5.11 Å². The second kappa shape index (κ2) is 6.81. The number of aromatic nitrogens is 5. The molecule has 130 valence electrons. The van der Waals surface area contributed by atoms with Gasteiger partial charge in [0.15, 0.2) is 11.0 Å². The number of aliphatic hydroxyl groups is 1. The minimum absolute atomic E-state index is 0.00728. The van der Waals surface area contributed by atoms with Gasteiger partial charge in [-0.1, -0.05) is 36.7 Å². The number of rotatable bonds is 5. The molecule has 0 bridgehead atoms. The molecule has 2 aromatic heterocycles. The van der Waals surface area contributed by atoms with E-state index >= 15 is 0 Å². The topological polar surface area (TPSA) is 76.7 Å². The lowest BCUT2D eigenvalue weighted by Crippen LogP contribution is -2.39. The summed E-state index contributed by atoms with van der Waals surface area (Å²) in [6.07, 6.45) is 3.75. The zero-order valence-corrected chi connectivity index (χ0v) is 13.9. The number of halogens is 3. The van der Waals surface area contributed by atoms with Gasteiger partial charge in [-0.3, -0.25) is 0 Å². The van der Waals surface area contributed by atoms with Crippen molar-refractivity contribution in [2.24, 2.45) is 0 Å². The van der Waals surface area contributed by atoms with Gasteiger partial charge in [0.25, 0.3) is 0 Å². The van der Waals surface area contributed by atoms with Crippen LogP contribution in [0.1, 0.15) is 24.1 Å². The van der Waals surface area contributed by atoms with E-state index in [4.69, 9.17) is 11.6 Å². The number of hydrogen-bond donors (Lipinski definition) is 1. The monoisotopic (exact) mass is 365 g/mol. The Balaban J connectivity index is 2.13. The van der Waals surface area contributed by atoms with Crippen molar-refractivity contribution in [2.45, 2.75) is 25.0 Å². The van der Waals surface area contributed by atoms with E-state index < -0.39 is 23.2 Å². The molecule has 0 aliphatic carbocycles. The Morgan fingerprint density at radius 3 is 2.68 bits per heavy atom. The molecule has 1 aromatic carbocycles. The smallest absolute Gasteiger partial charge is 0.182 e. The SMILES string of the molecule is CC(c1ncnc(Cl)c1F)C(O)(Cn1cncn1)c1ccccc1F. The zero-order chi connectivity index (χ0) is 18.0. The van der Waals surface area contributed by atoms with Crippen LogP contribution in [0.3, 0.4) is 0 Å². The summed E-state index contributed by atoms with van der Waals surface area (Å²) in [5, 5.41) is 14.9. The van der Waals surface area contributed by atoms with Crippen LogP contribution in [0.25, 0.3) is 0 Å². The van der Waals surface area contributed by atoms with Gasteiger partial charge in [-0.25, -0.2) is 28.4 Å². The number of nitrogens with zero attached hydrogens (tertiary/aromatic N) is 5. The molecule has 1 N–H and O–H groups in total. The normalized spacial score (nSPS) is 14.9. The van der Waals surface area contributed by atoms with Crippen LogP contribution in [0.4, 0.5) is 8.78 Å².